The first-order valence-electron chi connectivity index (χ1n) is 3.90. The van der Waals surface area contributed by atoms with Crippen molar-refractivity contribution in [2.75, 3.05) is 0 Å². The van der Waals surface area contributed by atoms with Gasteiger partial charge in [-0.2, -0.15) is 0 Å². The van der Waals surface area contributed by atoms with Crippen molar-refractivity contribution in [1.82, 2.24) is 9.97 Å². The monoisotopic (exact) mass is 216 g/mol. The van der Waals surface area contributed by atoms with Crippen LogP contribution in [0.4, 0.5) is 0 Å². The van der Waals surface area contributed by atoms with E-state index in [0.717, 1.165) is 12.8 Å². The summed E-state index contributed by atoms with van der Waals surface area (Å²) in [5.41, 5.74) is 0.272. The Labute approximate surface area is 85.1 Å². The fraction of sp³-hybridized carbons (Fsp3) is 0.375. The van der Waals surface area contributed by atoms with Crippen molar-refractivity contribution >= 4 is 29.0 Å². The Hall–Kier alpha value is -0.670. The summed E-state index contributed by atoms with van der Waals surface area (Å²) in [5.74, 6) is 0.0524. The van der Waals surface area contributed by atoms with E-state index in [1.165, 1.54) is 6.33 Å². The molecule has 0 N–H and O–H groups in total. The number of carbonyl (C=O) groups is 1. The number of Topliss-reactive ketones (excluding diaryl/α,β-unsaturated/α-hetero) is 1. The minimum absolute atomic E-state index is 0.0319. The van der Waals surface area contributed by atoms with E-state index in [-0.39, 0.29) is 27.6 Å². The number of carbonyl (C=O) groups excluding carboxylic acids is 1. The van der Waals surface area contributed by atoms with E-state index in [1.54, 1.807) is 0 Å². The lowest BCUT2D eigenvalue weighted by atomic mass is 10.1. The largest absolute Gasteiger partial charge is 0.294 e. The zero-order valence-corrected chi connectivity index (χ0v) is 8.14. The number of rotatable bonds is 2. The average Bonchev–Trinajstić information content (AvgIpc) is 2.85. The highest BCUT2D eigenvalue weighted by molar-refractivity contribution is 6.38. The van der Waals surface area contributed by atoms with Crippen molar-refractivity contribution in [1.29, 1.82) is 0 Å². The van der Waals surface area contributed by atoms with Crippen LogP contribution in [0.3, 0.4) is 0 Å². The molecule has 0 amide bonds. The standard InChI is InChI=1S/C8H6Cl2N2O/c9-7-5(6(13)4-1-2-4)8(10)12-3-11-7/h3-4H,1-2H2. The van der Waals surface area contributed by atoms with Gasteiger partial charge in [0.2, 0.25) is 0 Å². The third-order valence-electron chi connectivity index (χ3n) is 1.95. The summed E-state index contributed by atoms with van der Waals surface area (Å²) in [6.45, 7) is 0. The number of hydrogen-bond acceptors (Lipinski definition) is 3. The van der Waals surface area contributed by atoms with Crippen molar-refractivity contribution in [3.8, 4) is 0 Å². The molecule has 1 aromatic rings. The van der Waals surface area contributed by atoms with Gasteiger partial charge in [0.05, 0.1) is 5.56 Å². The predicted octanol–water partition coefficient (Wildman–Crippen LogP) is 2.38. The van der Waals surface area contributed by atoms with Crippen LogP contribution in [-0.4, -0.2) is 15.8 Å². The highest BCUT2D eigenvalue weighted by Gasteiger charge is 2.33. The third-order valence-corrected chi connectivity index (χ3v) is 2.52. The molecule has 0 aromatic carbocycles. The van der Waals surface area contributed by atoms with E-state index in [0.29, 0.717) is 0 Å². The molecular formula is C8H6Cl2N2O. The number of ketones is 1. The molecule has 0 unspecified atom stereocenters. The van der Waals surface area contributed by atoms with Crippen LogP contribution < -0.4 is 0 Å². The van der Waals surface area contributed by atoms with Gasteiger partial charge in [-0.15, -0.1) is 0 Å². The second-order valence-corrected chi connectivity index (χ2v) is 3.68. The van der Waals surface area contributed by atoms with Gasteiger partial charge in [0, 0.05) is 5.92 Å². The van der Waals surface area contributed by atoms with Gasteiger partial charge < -0.3 is 0 Å². The zero-order chi connectivity index (χ0) is 9.42. The van der Waals surface area contributed by atoms with Gasteiger partial charge in [-0.3, -0.25) is 4.79 Å². The van der Waals surface area contributed by atoms with Crippen molar-refractivity contribution < 1.29 is 4.79 Å². The fourth-order valence-corrected chi connectivity index (χ4v) is 1.60. The molecule has 0 atom stereocenters. The van der Waals surface area contributed by atoms with Gasteiger partial charge in [-0.05, 0) is 12.8 Å². The highest BCUT2D eigenvalue weighted by Crippen LogP contribution is 2.35. The van der Waals surface area contributed by atoms with Gasteiger partial charge >= 0.3 is 0 Å². The summed E-state index contributed by atoms with van der Waals surface area (Å²) in [4.78, 5) is 19.0. The predicted molar refractivity (Wildman–Crippen MR) is 49.1 cm³/mol. The van der Waals surface area contributed by atoms with E-state index in [2.05, 4.69) is 9.97 Å². The normalized spacial score (nSPS) is 15.8. The Kier molecular flexibility index (Phi) is 2.22. The maximum atomic E-state index is 11.6. The molecule has 2 rings (SSSR count). The van der Waals surface area contributed by atoms with Gasteiger partial charge in [0.1, 0.15) is 16.6 Å². The summed E-state index contributed by atoms with van der Waals surface area (Å²) in [5, 5.41) is 0.300. The van der Waals surface area contributed by atoms with Crippen LogP contribution in [0.25, 0.3) is 0 Å². The lowest BCUT2D eigenvalue weighted by Gasteiger charge is -2.01. The van der Waals surface area contributed by atoms with E-state index < -0.39 is 0 Å². The van der Waals surface area contributed by atoms with E-state index >= 15 is 0 Å². The molecular weight excluding hydrogens is 211 g/mol. The van der Waals surface area contributed by atoms with E-state index in [1.807, 2.05) is 0 Å². The Bertz CT molecular complexity index is 343. The number of hydrogen-bond donors (Lipinski definition) is 0. The summed E-state index contributed by atoms with van der Waals surface area (Å²) < 4.78 is 0. The van der Waals surface area contributed by atoms with Crippen LogP contribution in [-0.2, 0) is 0 Å². The zero-order valence-electron chi connectivity index (χ0n) is 6.63. The van der Waals surface area contributed by atoms with Crippen molar-refractivity contribution in [2.24, 2.45) is 5.92 Å². The van der Waals surface area contributed by atoms with Crippen molar-refractivity contribution in [3.63, 3.8) is 0 Å². The molecule has 5 heteroatoms. The average molecular weight is 217 g/mol. The molecule has 13 heavy (non-hydrogen) atoms. The molecule has 1 aliphatic rings. The lowest BCUT2D eigenvalue weighted by Crippen LogP contribution is -2.05. The molecule has 3 nitrogen and oxygen atoms in total. The molecule has 0 aliphatic heterocycles. The first-order chi connectivity index (χ1) is 6.20. The Morgan fingerprint density at radius 3 is 2.31 bits per heavy atom. The highest BCUT2D eigenvalue weighted by atomic mass is 35.5. The number of nitrogens with zero attached hydrogens (tertiary/aromatic N) is 2. The van der Waals surface area contributed by atoms with Gasteiger partial charge in [-0.1, -0.05) is 23.2 Å². The van der Waals surface area contributed by atoms with Crippen LogP contribution in [0.2, 0.25) is 10.3 Å². The maximum absolute atomic E-state index is 11.6. The molecule has 0 saturated heterocycles. The number of halogens is 2. The first-order valence-corrected chi connectivity index (χ1v) is 4.66. The minimum atomic E-state index is -0.0319. The first kappa shape index (κ1) is 8.91. The topological polar surface area (TPSA) is 42.9 Å². The Morgan fingerprint density at radius 2 is 1.85 bits per heavy atom. The molecule has 0 spiro atoms. The second kappa shape index (κ2) is 3.24. The fourth-order valence-electron chi connectivity index (χ4n) is 1.10. The van der Waals surface area contributed by atoms with Crippen LogP contribution in [0.1, 0.15) is 23.2 Å². The second-order valence-electron chi connectivity index (χ2n) is 2.97. The SMILES string of the molecule is O=C(c1c(Cl)ncnc1Cl)C1CC1. The summed E-state index contributed by atoms with van der Waals surface area (Å²) >= 11 is 11.5. The molecule has 68 valence electrons. The van der Waals surface area contributed by atoms with Crippen LogP contribution in [0, 0.1) is 5.92 Å². The molecule has 1 aromatic heterocycles. The van der Waals surface area contributed by atoms with Gasteiger partial charge in [0.25, 0.3) is 0 Å². The van der Waals surface area contributed by atoms with Crippen LogP contribution >= 0.6 is 23.2 Å². The van der Waals surface area contributed by atoms with Crippen LogP contribution in [0.5, 0.6) is 0 Å². The molecule has 1 saturated carbocycles. The number of aromatic nitrogens is 2. The summed E-state index contributed by atoms with van der Waals surface area (Å²) in [7, 11) is 0. The maximum Gasteiger partial charge on any atom is 0.172 e. The molecule has 0 radical (unpaired) electrons. The third kappa shape index (κ3) is 1.67. The smallest absolute Gasteiger partial charge is 0.172 e. The van der Waals surface area contributed by atoms with Crippen molar-refractivity contribution in [2.45, 2.75) is 12.8 Å². The Morgan fingerprint density at radius 1 is 1.31 bits per heavy atom. The molecule has 1 aliphatic carbocycles. The van der Waals surface area contributed by atoms with E-state index in [9.17, 15) is 4.79 Å². The minimum Gasteiger partial charge on any atom is -0.294 e. The summed E-state index contributed by atoms with van der Waals surface area (Å²) in [6.07, 6.45) is 3.08. The molecule has 1 fully saturated rings. The Balaban J connectivity index is 2.42. The molecule has 0 bridgehead atoms. The summed E-state index contributed by atoms with van der Waals surface area (Å²) in [6, 6.07) is 0. The quantitative estimate of drug-likeness (QED) is 0.564. The van der Waals surface area contributed by atoms with Crippen molar-refractivity contribution in [3.05, 3.63) is 22.2 Å². The van der Waals surface area contributed by atoms with E-state index in [4.69, 9.17) is 23.2 Å². The van der Waals surface area contributed by atoms with Gasteiger partial charge in [0.15, 0.2) is 5.78 Å². The van der Waals surface area contributed by atoms with Gasteiger partial charge in [-0.25, -0.2) is 9.97 Å². The van der Waals surface area contributed by atoms with Crippen LogP contribution in [0.15, 0.2) is 6.33 Å². The lowest BCUT2D eigenvalue weighted by molar-refractivity contribution is 0.0967. The molecule has 1 heterocycles.